The van der Waals surface area contributed by atoms with Crippen molar-refractivity contribution in [1.29, 1.82) is 0 Å². The zero-order chi connectivity index (χ0) is 14.7. The summed E-state index contributed by atoms with van der Waals surface area (Å²) in [4.78, 5) is 12.2. The zero-order valence-electron chi connectivity index (χ0n) is 11.6. The lowest BCUT2D eigenvalue weighted by Gasteiger charge is -2.22. The van der Waals surface area contributed by atoms with E-state index in [1.54, 1.807) is 0 Å². The maximum absolute atomic E-state index is 12.2. The van der Waals surface area contributed by atoms with Crippen LogP contribution < -0.4 is 10.6 Å². The largest absolute Gasteiger partial charge is 0.325 e. The number of fused-ring (bicyclic) bond motifs is 1. The van der Waals surface area contributed by atoms with E-state index in [4.69, 9.17) is 0 Å². The third-order valence-electron chi connectivity index (χ3n) is 3.58. The highest BCUT2D eigenvalue weighted by Gasteiger charge is 2.17. The van der Waals surface area contributed by atoms with Gasteiger partial charge in [0.05, 0.1) is 0 Å². The van der Waals surface area contributed by atoms with Crippen LogP contribution in [0.1, 0.15) is 6.42 Å². The Balaban J connectivity index is 1.75. The first kappa shape index (κ1) is 14.9. The summed E-state index contributed by atoms with van der Waals surface area (Å²) in [5.74, 6) is 2.21. The Morgan fingerprint density at radius 2 is 2.10 bits per heavy atom. The van der Waals surface area contributed by atoms with Gasteiger partial charge in [0.1, 0.15) is 0 Å². The topological polar surface area (TPSA) is 41.1 Å². The van der Waals surface area contributed by atoms with Crippen molar-refractivity contribution in [3.8, 4) is 0 Å². The van der Waals surface area contributed by atoms with Crippen LogP contribution in [0, 0.1) is 0 Å². The minimum Gasteiger partial charge on any atom is -0.325 e. The van der Waals surface area contributed by atoms with Crippen LogP contribution in [-0.4, -0.2) is 30.0 Å². The van der Waals surface area contributed by atoms with Crippen molar-refractivity contribution in [2.45, 2.75) is 12.5 Å². The number of amides is 1. The first-order chi connectivity index (χ1) is 10.2. The van der Waals surface area contributed by atoms with Gasteiger partial charge in [0.25, 0.3) is 0 Å². The van der Waals surface area contributed by atoms with Crippen molar-refractivity contribution < 1.29 is 4.79 Å². The number of hydrogen-bond acceptors (Lipinski definition) is 3. The fraction of sp³-hybridized carbons (Fsp3) is 0.312. The minimum absolute atomic E-state index is 0.0717. The smallest absolute Gasteiger partial charge is 0.225 e. The quantitative estimate of drug-likeness (QED) is 0.873. The molecule has 110 valence electrons. The molecule has 1 atom stereocenters. The Bertz CT molecular complexity index is 656. The maximum atomic E-state index is 12.2. The van der Waals surface area contributed by atoms with Crippen molar-refractivity contribution in [2.75, 3.05) is 23.4 Å². The van der Waals surface area contributed by atoms with Gasteiger partial charge in [-0.2, -0.15) is 11.8 Å². The summed E-state index contributed by atoms with van der Waals surface area (Å²) < 4.78 is 1.04. The molecule has 1 unspecified atom stereocenters. The molecule has 5 heteroatoms. The highest BCUT2D eigenvalue weighted by atomic mass is 79.9. The molecule has 1 aliphatic rings. The summed E-state index contributed by atoms with van der Waals surface area (Å²) in [6.45, 7) is 0.990. The summed E-state index contributed by atoms with van der Waals surface area (Å²) in [5.41, 5.74) is 0.877. The number of anilines is 1. The molecular weight excluding hydrogens is 348 g/mol. The van der Waals surface area contributed by atoms with E-state index < -0.39 is 0 Å². The number of carbonyl (C=O) groups excluding carboxylic acids is 1. The third-order valence-corrected chi connectivity index (χ3v) is 5.40. The molecule has 1 heterocycles. The van der Waals surface area contributed by atoms with E-state index in [0.29, 0.717) is 6.42 Å². The Kier molecular flexibility index (Phi) is 4.83. The van der Waals surface area contributed by atoms with Crippen molar-refractivity contribution in [2.24, 2.45) is 0 Å². The van der Waals surface area contributed by atoms with E-state index in [-0.39, 0.29) is 11.9 Å². The predicted molar refractivity (Wildman–Crippen MR) is 94.0 cm³/mol. The van der Waals surface area contributed by atoms with Crippen molar-refractivity contribution in [3.05, 3.63) is 40.9 Å². The highest BCUT2D eigenvalue weighted by molar-refractivity contribution is 9.10. The zero-order valence-corrected chi connectivity index (χ0v) is 14.0. The third kappa shape index (κ3) is 3.59. The van der Waals surface area contributed by atoms with Gasteiger partial charge in [0.2, 0.25) is 5.91 Å². The van der Waals surface area contributed by atoms with Gasteiger partial charge in [-0.3, -0.25) is 4.79 Å². The van der Waals surface area contributed by atoms with Gasteiger partial charge in [-0.1, -0.05) is 40.2 Å². The molecule has 2 aromatic carbocycles. The summed E-state index contributed by atoms with van der Waals surface area (Å²) in [6, 6.07) is 12.3. The molecule has 3 nitrogen and oxygen atoms in total. The van der Waals surface area contributed by atoms with Gasteiger partial charge in [-0.15, -0.1) is 0 Å². The van der Waals surface area contributed by atoms with Crippen molar-refractivity contribution >= 4 is 50.1 Å². The van der Waals surface area contributed by atoms with Crippen molar-refractivity contribution in [3.63, 3.8) is 0 Å². The lowest BCUT2D eigenvalue weighted by atomic mass is 10.1. The molecule has 1 aliphatic heterocycles. The van der Waals surface area contributed by atoms with Crippen LogP contribution in [0.2, 0.25) is 0 Å². The van der Waals surface area contributed by atoms with E-state index in [0.717, 1.165) is 39.0 Å². The van der Waals surface area contributed by atoms with E-state index >= 15 is 0 Å². The average Bonchev–Trinajstić information content (AvgIpc) is 2.51. The van der Waals surface area contributed by atoms with E-state index in [1.165, 1.54) is 0 Å². The Labute approximate surface area is 137 Å². The van der Waals surface area contributed by atoms with Crippen LogP contribution in [-0.2, 0) is 4.79 Å². The van der Waals surface area contributed by atoms with Crippen LogP contribution >= 0.6 is 27.7 Å². The van der Waals surface area contributed by atoms with Crippen LogP contribution in [0.4, 0.5) is 5.69 Å². The van der Waals surface area contributed by atoms with E-state index in [2.05, 4.69) is 32.6 Å². The molecule has 21 heavy (non-hydrogen) atoms. The molecular formula is C16H17BrN2OS. The molecule has 0 saturated carbocycles. The second kappa shape index (κ2) is 6.81. The van der Waals surface area contributed by atoms with Gasteiger partial charge in [-0.25, -0.2) is 0 Å². The van der Waals surface area contributed by atoms with E-state index in [1.807, 2.05) is 42.1 Å². The molecule has 1 amide bonds. The number of benzene rings is 2. The number of halogens is 1. The molecule has 1 fully saturated rings. The number of nitrogens with one attached hydrogen (secondary N) is 2. The first-order valence-corrected chi connectivity index (χ1v) is 8.97. The molecule has 0 aliphatic carbocycles. The number of rotatable bonds is 3. The maximum Gasteiger partial charge on any atom is 0.225 e. The fourth-order valence-corrected chi connectivity index (χ4v) is 3.97. The van der Waals surface area contributed by atoms with E-state index in [9.17, 15) is 4.79 Å². The summed E-state index contributed by atoms with van der Waals surface area (Å²) in [7, 11) is 0. The van der Waals surface area contributed by atoms with Crippen LogP contribution in [0.15, 0.2) is 40.9 Å². The number of hydrogen-bond donors (Lipinski definition) is 2. The summed E-state index contributed by atoms with van der Waals surface area (Å²) >= 11 is 5.46. The normalized spacial score (nSPS) is 18.6. The molecule has 0 spiro atoms. The van der Waals surface area contributed by atoms with Gasteiger partial charge in [0.15, 0.2) is 0 Å². The molecule has 0 bridgehead atoms. The Hall–Kier alpha value is -1.04. The Morgan fingerprint density at radius 1 is 1.29 bits per heavy atom. The summed E-state index contributed by atoms with van der Waals surface area (Å²) in [6.07, 6.45) is 0.525. The molecule has 1 saturated heterocycles. The van der Waals surface area contributed by atoms with Gasteiger partial charge < -0.3 is 10.6 Å². The van der Waals surface area contributed by atoms with Crippen molar-refractivity contribution in [1.82, 2.24) is 5.32 Å². The molecule has 2 N–H and O–H groups in total. The molecule has 2 aromatic rings. The van der Waals surface area contributed by atoms with Gasteiger partial charge in [0, 0.05) is 46.1 Å². The fourth-order valence-electron chi connectivity index (χ4n) is 2.55. The van der Waals surface area contributed by atoms with Gasteiger partial charge >= 0.3 is 0 Å². The lowest BCUT2D eigenvalue weighted by molar-refractivity contribution is -0.116. The van der Waals surface area contributed by atoms with Gasteiger partial charge in [-0.05, 0) is 17.5 Å². The highest BCUT2D eigenvalue weighted by Crippen LogP contribution is 2.30. The minimum atomic E-state index is 0.0717. The van der Waals surface area contributed by atoms with Crippen LogP contribution in [0.5, 0.6) is 0 Å². The van der Waals surface area contributed by atoms with Crippen LogP contribution in [0.3, 0.4) is 0 Å². The summed E-state index contributed by atoms with van der Waals surface area (Å²) in [5, 5.41) is 8.62. The van der Waals surface area contributed by atoms with Crippen LogP contribution in [0.25, 0.3) is 10.8 Å². The second-order valence-electron chi connectivity index (χ2n) is 5.12. The molecule has 0 radical (unpaired) electrons. The predicted octanol–water partition coefficient (Wildman–Crippen LogP) is 3.64. The SMILES string of the molecule is O=C(CC1CSCCN1)Nc1ccc(Br)c2ccccc12. The first-order valence-electron chi connectivity index (χ1n) is 7.02. The average molecular weight is 365 g/mol. The number of thioether (sulfide) groups is 1. The Morgan fingerprint density at radius 3 is 2.86 bits per heavy atom. The monoisotopic (exact) mass is 364 g/mol. The standard InChI is InChI=1S/C16H17BrN2OS/c17-14-5-6-15(13-4-2-1-3-12(13)14)19-16(20)9-11-10-21-8-7-18-11/h1-6,11,18H,7-10H2,(H,19,20). The molecule has 3 rings (SSSR count). The second-order valence-corrected chi connectivity index (χ2v) is 7.12. The lowest BCUT2D eigenvalue weighted by Crippen LogP contribution is -2.39. The number of carbonyl (C=O) groups is 1. The molecule has 0 aromatic heterocycles.